The Hall–Kier alpha value is -1.98. The van der Waals surface area contributed by atoms with Gasteiger partial charge < -0.3 is 20.8 Å². The van der Waals surface area contributed by atoms with Gasteiger partial charge >= 0.3 is 5.97 Å². The summed E-state index contributed by atoms with van der Waals surface area (Å²) in [5.41, 5.74) is 11.3. The van der Waals surface area contributed by atoms with Crippen LogP contribution in [0.3, 0.4) is 0 Å². The monoisotopic (exact) mass is 225 g/mol. The first-order chi connectivity index (χ1) is 7.45. The Morgan fingerprint density at radius 3 is 2.56 bits per heavy atom. The molecule has 1 aromatic rings. The second-order valence-electron chi connectivity index (χ2n) is 3.47. The summed E-state index contributed by atoms with van der Waals surface area (Å²) < 4.78 is 6.48. The van der Waals surface area contributed by atoms with Crippen molar-refractivity contribution in [3.63, 3.8) is 0 Å². The molecule has 1 atom stereocenters. The summed E-state index contributed by atoms with van der Waals surface area (Å²) >= 11 is 0. The van der Waals surface area contributed by atoms with Crippen LogP contribution in [0.25, 0.3) is 0 Å². The van der Waals surface area contributed by atoms with Gasteiger partial charge in [0.05, 0.1) is 5.69 Å². The Bertz CT molecular complexity index is 411. The molecule has 0 saturated heterocycles. The molecule has 0 aliphatic heterocycles. The van der Waals surface area contributed by atoms with E-state index in [1.54, 1.807) is 20.2 Å². The largest absolute Gasteiger partial charge is 0.448 e. The molecule has 0 saturated carbocycles. The van der Waals surface area contributed by atoms with Crippen molar-refractivity contribution in [2.24, 2.45) is 12.8 Å². The summed E-state index contributed by atoms with van der Waals surface area (Å²) in [6.07, 6.45) is 1.03. The number of carbonyl (C=O) groups is 2. The van der Waals surface area contributed by atoms with E-state index in [9.17, 15) is 9.59 Å². The molecule has 4 N–H and O–H groups in total. The molecule has 1 amide bonds. The van der Waals surface area contributed by atoms with E-state index in [1.165, 1.54) is 10.6 Å². The lowest BCUT2D eigenvalue weighted by molar-refractivity contribution is -0.126. The molecule has 0 bridgehead atoms. The fourth-order valence-corrected chi connectivity index (χ4v) is 1.33. The lowest BCUT2D eigenvalue weighted by Gasteiger charge is -2.12. The number of hydrogen-bond donors (Lipinski definition) is 2. The zero-order chi connectivity index (χ0) is 12.3. The normalized spacial score (nSPS) is 12.1. The van der Waals surface area contributed by atoms with Crippen LogP contribution in [0.15, 0.2) is 12.3 Å². The summed E-state index contributed by atoms with van der Waals surface area (Å²) in [4.78, 5) is 22.5. The molecule has 1 heterocycles. The van der Waals surface area contributed by atoms with Crippen molar-refractivity contribution in [1.29, 1.82) is 0 Å². The number of anilines is 1. The number of esters is 1. The van der Waals surface area contributed by atoms with E-state index in [-0.39, 0.29) is 5.69 Å². The zero-order valence-electron chi connectivity index (χ0n) is 9.27. The maximum Gasteiger partial charge on any atom is 0.355 e. The summed E-state index contributed by atoms with van der Waals surface area (Å²) in [5.74, 6) is -1.26. The predicted molar refractivity (Wildman–Crippen MR) is 58.5 cm³/mol. The van der Waals surface area contributed by atoms with E-state index < -0.39 is 18.0 Å². The van der Waals surface area contributed by atoms with Crippen LogP contribution in [0.1, 0.15) is 23.8 Å². The number of aryl methyl sites for hydroxylation is 1. The molecule has 0 aliphatic rings. The summed E-state index contributed by atoms with van der Waals surface area (Å²) in [7, 11) is 1.66. The first-order valence-corrected chi connectivity index (χ1v) is 4.87. The zero-order valence-corrected chi connectivity index (χ0v) is 9.27. The van der Waals surface area contributed by atoms with Gasteiger partial charge in [0.2, 0.25) is 0 Å². The van der Waals surface area contributed by atoms with Crippen molar-refractivity contribution in [2.45, 2.75) is 19.4 Å². The Morgan fingerprint density at radius 2 is 2.19 bits per heavy atom. The summed E-state index contributed by atoms with van der Waals surface area (Å²) in [6, 6.07) is 1.48. The number of nitrogens with zero attached hydrogens (tertiary/aromatic N) is 1. The number of primary amides is 1. The van der Waals surface area contributed by atoms with Crippen LogP contribution >= 0.6 is 0 Å². The number of carbonyl (C=O) groups excluding carboxylic acids is 2. The lowest BCUT2D eigenvalue weighted by atomic mass is 10.2. The molecule has 0 fully saturated rings. The van der Waals surface area contributed by atoms with Gasteiger partial charge in [-0.2, -0.15) is 0 Å². The minimum Gasteiger partial charge on any atom is -0.448 e. The molecular formula is C10H15N3O3. The fraction of sp³-hybridized carbons (Fsp3) is 0.400. The third-order valence-corrected chi connectivity index (χ3v) is 2.17. The number of nitrogens with two attached hydrogens (primary N) is 2. The van der Waals surface area contributed by atoms with Crippen molar-refractivity contribution in [3.8, 4) is 0 Å². The van der Waals surface area contributed by atoms with Crippen molar-refractivity contribution >= 4 is 17.6 Å². The lowest BCUT2D eigenvalue weighted by Crippen LogP contribution is -2.33. The molecule has 1 aromatic heterocycles. The van der Waals surface area contributed by atoms with E-state index in [4.69, 9.17) is 16.2 Å². The number of ether oxygens (including phenoxy) is 1. The molecule has 1 unspecified atom stereocenters. The van der Waals surface area contributed by atoms with Crippen molar-refractivity contribution in [2.75, 3.05) is 5.73 Å². The third-order valence-electron chi connectivity index (χ3n) is 2.17. The maximum atomic E-state index is 11.6. The smallest absolute Gasteiger partial charge is 0.355 e. The third kappa shape index (κ3) is 2.53. The van der Waals surface area contributed by atoms with E-state index in [1.807, 2.05) is 0 Å². The van der Waals surface area contributed by atoms with Gasteiger partial charge in [-0.15, -0.1) is 0 Å². The number of hydrogen-bond acceptors (Lipinski definition) is 4. The Labute approximate surface area is 93.2 Å². The highest BCUT2D eigenvalue weighted by Crippen LogP contribution is 2.11. The van der Waals surface area contributed by atoms with Gasteiger partial charge in [-0.25, -0.2) is 4.79 Å². The molecule has 0 aliphatic carbocycles. The second kappa shape index (κ2) is 4.69. The first kappa shape index (κ1) is 12.1. The molecule has 6 heteroatoms. The molecule has 88 valence electrons. The molecule has 0 spiro atoms. The Balaban J connectivity index is 2.79. The molecule has 0 aromatic carbocycles. The second-order valence-corrected chi connectivity index (χ2v) is 3.47. The molecule has 1 rings (SSSR count). The van der Waals surface area contributed by atoms with Crippen LogP contribution in [-0.4, -0.2) is 22.5 Å². The van der Waals surface area contributed by atoms with Crippen LogP contribution in [0.2, 0.25) is 0 Å². The van der Waals surface area contributed by atoms with Gasteiger partial charge in [-0.1, -0.05) is 6.92 Å². The SMILES string of the molecule is CCC(OC(=O)c1cc(N)cn1C)C(N)=O. The highest BCUT2D eigenvalue weighted by atomic mass is 16.5. The van der Waals surface area contributed by atoms with Gasteiger partial charge in [-0.05, 0) is 12.5 Å². The molecular weight excluding hydrogens is 210 g/mol. The molecule has 0 radical (unpaired) electrons. The van der Waals surface area contributed by atoms with Crippen LogP contribution < -0.4 is 11.5 Å². The van der Waals surface area contributed by atoms with Gasteiger partial charge in [-0.3, -0.25) is 4.79 Å². The molecule has 6 nitrogen and oxygen atoms in total. The minimum atomic E-state index is -0.899. The van der Waals surface area contributed by atoms with E-state index in [2.05, 4.69) is 0 Å². The van der Waals surface area contributed by atoms with Crippen LogP contribution in [0.4, 0.5) is 5.69 Å². The van der Waals surface area contributed by atoms with Crippen molar-refractivity contribution in [1.82, 2.24) is 4.57 Å². The van der Waals surface area contributed by atoms with Crippen LogP contribution in [0.5, 0.6) is 0 Å². The number of amides is 1. The van der Waals surface area contributed by atoms with E-state index in [0.29, 0.717) is 12.1 Å². The van der Waals surface area contributed by atoms with Gasteiger partial charge in [0.1, 0.15) is 5.69 Å². The topological polar surface area (TPSA) is 100 Å². The first-order valence-electron chi connectivity index (χ1n) is 4.87. The summed E-state index contributed by atoms with van der Waals surface area (Å²) in [6.45, 7) is 1.71. The Morgan fingerprint density at radius 1 is 1.56 bits per heavy atom. The average molecular weight is 225 g/mol. The Kier molecular flexibility index (Phi) is 3.55. The van der Waals surface area contributed by atoms with Crippen molar-refractivity contribution < 1.29 is 14.3 Å². The summed E-state index contributed by atoms with van der Waals surface area (Å²) in [5, 5.41) is 0. The number of aromatic nitrogens is 1. The number of rotatable bonds is 4. The van der Waals surface area contributed by atoms with E-state index >= 15 is 0 Å². The molecule has 16 heavy (non-hydrogen) atoms. The van der Waals surface area contributed by atoms with Crippen LogP contribution in [0, 0.1) is 0 Å². The highest BCUT2D eigenvalue weighted by Gasteiger charge is 2.21. The predicted octanol–water partition coefficient (Wildman–Crippen LogP) is 0.0280. The standard InChI is InChI=1S/C10H15N3O3/c1-3-8(9(12)14)16-10(15)7-4-6(11)5-13(7)2/h4-5,8H,3,11H2,1-2H3,(H2,12,14). The highest BCUT2D eigenvalue weighted by molar-refractivity contribution is 5.91. The minimum absolute atomic E-state index is 0.289. The van der Waals surface area contributed by atoms with E-state index in [0.717, 1.165) is 0 Å². The van der Waals surface area contributed by atoms with Gasteiger partial charge in [0.25, 0.3) is 5.91 Å². The maximum absolute atomic E-state index is 11.6. The quantitative estimate of drug-likeness (QED) is 0.706. The van der Waals surface area contributed by atoms with Crippen LogP contribution in [-0.2, 0) is 16.6 Å². The number of nitrogen functional groups attached to an aromatic ring is 1. The fourth-order valence-electron chi connectivity index (χ4n) is 1.33. The average Bonchev–Trinajstić information content (AvgIpc) is 2.53. The van der Waals surface area contributed by atoms with Crippen molar-refractivity contribution in [3.05, 3.63) is 18.0 Å². The van der Waals surface area contributed by atoms with Gasteiger partial charge in [0.15, 0.2) is 6.10 Å². The van der Waals surface area contributed by atoms with Gasteiger partial charge in [0, 0.05) is 13.2 Å².